The van der Waals surface area contributed by atoms with E-state index in [0.29, 0.717) is 12.1 Å². The molecule has 202 valence electrons. The minimum Gasteiger partial charge on any atom is -0.457 e. The molecule has 38 heavy (non-hydrogen) atoms. The highest BCUT2D eigenvalue weighted by molar-refractivity contribution is 6.07. The Kier molecular flexibility index (Phi) is 7.51. The molecular weight excluding hydrogens is 539 g/mol. The van der Waals surface area contributed by atoms with E-state index in [9.17, 15) is 49.1 Å². The first-order valence-corrected chi connectivity index (χ1v) is 10.0. The second kappa shape index (κ2) is 10.1. The van der Waals surface area contributed by atoms with Crippen LogP contribution in [0.5, 0.6) is 17.2 Å². The number of carbonyl (C=O) groups is 2. The van der Waals surface area contributed by atoms with Gasteiger partial charge in [-0.1, -0.05) is 0 Å². The Morgan fingerprint density at radius 3 is 1.92 bits per heavy atom. The molecule has 0 unspecified atom stereocenters. The van der Waals surface area contributed by atoms with Crippen molar-refractivity contribution < 1.29 is 58.6 Å². The first-order chi connectivity index (χ1) is 17.5. The Hall–Kier alpha value is -4.43. The van der Waals surface area contributed by atoms with Crippen LogP contribution in [0.25, 0.3) is 0 Å². The van der Waals surface area contributed by atoms with Gasteiger partial charge in [-0.15, -0.1) is 13.2 Å². The summed E-state index contributed by atoms with van der Waals surface area (Å²) in [6.45, 7) is 0. The van der Waals surface area contributed by atoms with Crippen molar-refractivity contribution >= 4 is 17.5 Å². The van der Waals surface area contributed by atoms with Crippen LogP contribution < -0.4 is 20.5 Å². The Bertz CT molecular complexity index is 1350. The van der Waals surface area contributed by atoms with Crippen LogP contribution in [0.4, 0.5) is 45.2 Å². The predicted octanol–water partition coefficient (Wildman–Crippen LogP) is 6.52. The Balaban J connectivity index is 2.00. The maximum absolute atomic E-state index is 14.0. The monoisotopic (exact) mass is 552 g/mol. The molecule has 0 atom stereocenters. The fourth-order valence-corrected chi connectivity index (χ4v) is 2.98. The summed E-state index contributed by atoms with van der Waals surface area (Å²) in [5.41, 5.74) is 1.58. The van der Waals surface area contributed by atoms with Gasteiger partial charge in [0.1, 0.15) is 23.1 Å². The number of halogens is 9. The minimum absolute atomic E-state index is 0.192. The van der Waals surface area contributed by atoms with E-state index in [-0.39, 0.29) is 17.5 Å². The van der Waals surface area contributed by atoms with Gasteiger partial charge in [0.2, 0.25) is 0 Å². The molecule has 0 radical (unpaired) electrons. The molecule has 0 aromatic heterocycles. The van der Waals surface area contributed by atoms with Gasteiger partial charge in [-0.05, 0) is 60.7 Å². The van der Waals surface area contributed by atoms with Crippen LogP contribution in [0.1, 0.15) is 26.3 Å². The van der Waals surface area contributed by atoms with Gasteiger partial charge in [-0.3, -0.25) is 9.59 Å². The van der Waals surface area contributed by atoms with Crippen molar-refractivity contribution in [1.82, 2.24) is 0 Å². The van der Waals surface area contributed by atoms with Crippen LogP contribution in [0.3, 0.4) is 0 Å². The molecule has 0 heterocycles. The molecular formula is C23H13F9N2O4. The fraction of sp³-hybridized carbons (Fsp3) is 0.130. The van der Waals surface area contributed by atoms with E-state index in [2.05, 4.69) is 10.1 Å². The van der Waals surface area contributed by atoms with Crippen molar-refractivity contribution in [2.45, 2.75) is 18.5 Å². The van der Waals surface area contributed by atoms with Gasteiger partial charge in [0.15, 0.2) is 0 Å². The normalized spacial score (nSPS) is 12.1. The van der Waals surface area contributed by atoms with Crippen molar-refractivity contribution in [3.8, 4) is 17.2 Å². The van der Waals surface area contributed by atoms with E-state index in [4.69, 9.17) is 10.5 Å². The molecule has 0 aliphatic rings. The zero-order valence-corrected chi connectivity index (χ0v) is 18.4. The first kappa shape index (κ1) is 28.1. The van der Waals surface area contributed by atoms with Crippen LogP contribution in [-0.2, 0) is 5.92 Å². The molecule has 0 bridgehead atoms. The van der Waals surface area contributed by atoms with Crippen molar-refractivity contribution in [2.75, 3.05) is 5.32 Å². The lowest BCUT2D eigenvalue weighted by atomic mass is 10.0. The molecule has 6 nitrogen and oxygen atoms in total. The number of benzene rings is 3. The second-order valence-electron chi connectivity index (χ2n) is 7.42. The van der Waals surface area contributed by atoms with E-state index < -0.39 is 64.3 Å². The van der Waals surface area contributed by atoms with E-state index in [1.54, 1.807) is 0 Å². The summed E-state index contributed by atoms with van der Waals surface area (Å²) in [7, 11) is 0. The lowest BCUT2D eigenvalue weighted by molar-refractivity contribution is -0.289. The van der Waals surface area contributed by atoms with E-state index in [0.717, 1.165) is 42.5 Å². The topological polar surface area (TPSA) is 90.7 Å². The van der Waals surface area contributed by atoms with Crippen molar-refractivity contribution in [2.24, 2.45) is 5.73 Å². The molecule has 0 aliphatic heterocycles. The molecule has 3 N–H and O–H groups in total. The fourth-order valence-electron chi connectivity index (χ4n) is 2.98. The number of nitrogens with two attached hydrogens (primary N) is 1. The Morgan fingerprint density at radius 2 is 1.37 bits per heavy atom. The van der Waals surface area contributed by atoms with Gasteiger partial charge >= 0.3 is 18.5 Å². The van der Waals surface area contributed by atoms with Crippen LogP contribution in [0, 0.1) is 5.82 Å². The molecule has 0 aliphatic carbocycles. The summed E-state index contributed by atoms with van der Waals surface area (Å²) in [5, 5.41) is 2.09. The summed E-state index contributed by atoms with van der Waals surface area (Å²) >= 11 is 0. The van der Waals surface area contributed by atoms with Gasteiger partial charge in [0, 0.05) is 11.3 Å². The Morgan fingerprint density at radius 1 is 0.763 bits per heavy atom. The molecule has 3 aromatic carbocycles. The van der Waals surface area contributed by atoms with Gasteiger partial charge in [0.25, 0.3) is 11.8 Å². The van der Waals surface area contributed by atoms with Gasteiger partial charge in [0.05, 0.1) is 11.1 Å². The number of alkyl halides is 8. The summed E-state index contributed by atoms with van der Waals surface area (Å²) < 4.78 is 126. The quantitative estimate of drug-likeness (QED) is 0.327. The smallest absolute Gasteiger partial charge is 0.457 e. The number of rotatable bonds is 7. The van der Waals surface area contributed by atoms with Crippen LogP contribution in [0.15, 0.2) is 60.7 Å². The maximum atomic E-state index is 14.0. The number of nitrogens with one attached hydrogen (secondary N) is 1. The van der Waals surface area contributed by atoms with Gasteiger partial charge in [-0.25, -0.2) is 4.39 Å². The molecule has 3 aromatic rings. The lowest BCUT2D eigenvalue weighted by Crippen LogP contribution is -2.34. The number of ether oxygens (including phenoxy) is 2. The molecule has 0 spiro atoms. The van der Waals surface area contributed by atoms with E-state index >= 15 is 0 Å². The van der Waals surface area contributed by atoms with Crippen LogP contribution in [0.2, 0.25) is 0 Å². The van der Waals surface area contributed by atoms with E-state index in [1.165, 1.54) is 0 Å². The van der Waals surface area contributed by atoms with Crippen molar-refractivity contribution in [3.05, 3.63) is 83.2 Å². The highest BCUT2D eigenvalue weighted by Gasteiger charge is 2.58. The highest BCUT2D eigenvalue weighted by atomic mass is 19.4. The standard InChI is InChI=1S/C23H13F9N2O4/c24-17-7-2-12(10-15(17)19(33)35)34-20(36)16-9-11(21(25,26)22(27,28)29)1-8-18(16)37-13-3-5-14(6-4-13)38-23(30,31)32/h1-10H,(H2,33,35)(H,34,36). The molecule has 0 saturated heterocycles. The van der Waals surface area contributed by atoms with Crippen LogP contribution in [-0.4, -0.2) is 24.4 Å². The van der Waals surface area contributed by atoms with Gasteiger partial charge < -0.3 is 20.5 Å². The largest absolute Gasteiger partial charge is 0.573 e. The molecule has 0 fully saturated rings. The zero-order valence-electron chi connectivity index (χ0n) is 18.4. The summed E-state index contributed by atoms with van der Waals surface area (Å²) in [5.74, 6) is -10.4. The number of hydrogen-bond acceptors (Lipinski definition) is 4. The lowest BCUT2D eigenvalue weighted by Gasteiger charge is -2.21. The zero-order chi connectivity index (χ0) is 28.5. The third-order valence-corrected chi connectivity index (χ3v) is 4.72. The predicted molar refractivity (Wildman–Crippen MR) is 112 cm³/mol. The van der Waals surface area contributed by atoms with E-state index in [1.807, 2.05) is 0 Å². The number of carbonyl (C=O) groups excluding carboxylic acids is 2. The summed E-state index contributed by atoms with van der Waals surface area (Å²) in [6.07, 6.45) is -11.0. The van der Waals surface area contributed by atoms with Crippen molar-refractivity contribution in [1.29, 1.82) is 0 Å². The average molecular weight is 552 g/mol. The summed E-state index contributed by atoms with van der Waals surface area (Å²) in [4.78, 5) is 24.2. The summed E-state index contributed by atoms with van der Waals surface area (Å²) in [6, 6.07) is 7.16. The average Bonchev–Trinajstić information content (AvgIpc) is 2.79. The third kappa shape index (κ3) is 6.46. The maximum Gasteiger partial charge on any atom is 0.573 e. The SMILES string of the molecule is NC(=O)c1cc(NC(=O)c2cc(C(F)(F)C(F)(F)F)ccc2Oc2ccc(OC(F)(F)F)cc2)ccc1F. The third-order valence-electron chi connectivity index (χ3n) is 4.72. The molecule has 2 amide bonds. The number of amides is 2. The molecule has 0 saturated carbocycles. The van der Waals surface area contributed by atoms with Crippen LogP contribution >= 0.6 is 0 Å². The number of anilines is 1. The minimum atomic E-state index is -6.02. The molecule has 15 heteroatoms. The first-order valence-electron chi connectivity index (χ1n) is 10.0. The second-order valence-corrected chi connectivity index (χ2v) is 7.42. The number of hydrogen-bond donors (Lipinski definition) is 2. The number of primary amides is 1. The Labute approximate surface area is 206 Å². The highest BCUT2D eigenvalue weighted by Crippen LogP contribution is 2.45. The molecule has 3 rings (SSSR count). The van der Waals surface area contributed by atoms with Gasteiger partial charge in [-0.2, -0.15) is 22.0 Å². The van der Waals surface area contributed by atoms with Crippen molar-refractivity contribution in [3.63, 3.8) is 0 Å².